The Morgan fingerprint density at radius 1 is 1.15 bits per heavy atom. The molecule has 2 aliphatic rings. The number of ether oxygens (including phenoxy) is 1. The highest BCUT2D eigenvalue weighted by Crippen LogP contribution is 2.47. The maximum Gasteiger partial charge on any atom is 0.313 e. The van der Waals surface area contributed by atoms with E-state index in [9.17, 15) is 24.2 Å². The van der Waals surface area contributed by atoms with Crippen molar-refractivity contribution in [2.45, 2.75) is 57.1 Å². The lowest BCUT2D eigenvalue weighted by molar-refractivity contribution is -0.139. The minimum absolute atomic E-state index is 0.00671. The largest absolute Gasteiger partial charge is 0.490 e. The molecule has 5 rings (SSSR count). The third kappa shape index (κ3) is 5.49. The van der Waals surface area contributed by atoms with Crippen LogP contribution in [0.25, 0.3) is 0 Å². The summed E-state index contributed by atoms with van der Waals surface area (Å²) in [7, 11) is 0. The van der Waals surface area contributed by atoms with Crippen molar-refractivity contribution in [1.29, 1.82) is 0 Å². The van der Waals surface area contributed by atoms with Gasteiger partial charge in [0.2, 0.25) is 0 Å². The fourth-order valence-electron chi connectivity index (χ4n) is 5.32. The van der Waals surface area contributed by atoms with Gasteiger partial charge in [0.05, 0.1) is 16.6 Å². The van der Waals surface area contributed by atoms with Crippen LogP contribution < -0.4 is 9.64 Å². The highest BCUT2D eigenvalue weighted by molar-refractivity contribution is 9.10. The van der Waals surface area contributed by atoms with Gasteiger partial charge in [0, 0.05) is 16.3 Å². The number of aliphatic carboxylic acids is 1. The molecule has 2 N–H and O–H groups in total. The molecule has 0 aromatic heterocycles. The number of fused-ring (bicyclic) bond motifs is 1. The molecule has 9 heteroatoms. The number of benzene rings is 3. The molecule has 0 bridgehead atoms. The summed E-state index contributed by atoms with van der Waals surface area (Å²) >= 11 is 10.2. The van der Waals surface area contributed by atoms with Gasteiger partial charge in [-0.25, -0.2) is 4.39 Å². The Bertz CT molecular complexity index is 1490. The predicted octanol–water partition coefficient (Wildman–Crippen LogP) is 7.26. The Morgan fingerprint density at radius 3 is 2.48 bits per heavy atom. The average Bonchev–Trinajstić information content (AvgIpc) is 3.72. The topological polar surface area (TPSA) is 87.1 Å². The van der Waals surface area contributed by atoms with E-state index in [1.54, 1.807) is 30.3 Å². The predicted molar refractivity (Wildman–Crippen MR) is 155 cm³/mol. The first kappa shape index (κ1) is 28.6. The molecule has 1 aliphatic carbocycles. The number of aliphatic hydroxyl groups is 1. The molecule has 210 valence electrons. The van der Waals surface area contributed by atoms with Crippen LogP contribution in [0.15, 0.2) is 59.1 Å². The molecule has 1 fully saturated rings. The minimum atomic E-state index is -1.19. The number of nitrogens with zero attached hydrogens (tertiary/aromatic N) is 1. The van der Waals surface area contributed by atoms with Gasteiger partial charge in [-0.15, -0.1) is 0 Å². The molecule has 0 radical (unpaired) electrons. The number of carboxylic acid groups (broad SMARTS) is 1. The molecule has 40 heavy (non-hydrogen) atoms. The van der Waals surface area contributed by atoms with Crippen LogP contribution in [-0.2, 0) is 10.2 Å². The van der Waals surface area contributed by atoms with E-state index in [4.69, 9.17) is 16.3 Å². The van der Waals surface area contributed by atoms with Crippen molar-refractivity contribution in [2.24, 2.45) is 5.92 Å². The van der Waals surface area contributed by atoms with Crippen LogP contribution in [0.3, 0.4) is 0 Å². The van der Waals surface area contributed by atoms with Crippen molar-refractivity contribution in [2.75, 3.05) is 11.5 Å². The van der Waals surface area contributed by atoms with Crippen molar-refractivity contribution in [3.8, 4) is 5.75 Å². The summed E-state index contributed by atoms with van der Waals surface area (Å²) in [6, 6.07) is 13.0. The van der Waals surface area contributed by atoms with E-state index in [-0.39, 0.29) is 29.1 Å². The van der Waals surface area contributed by atoms with Crippen molar-refractivity contribution in [3.05, 3.63) is 92.2 Å². The number of hydrogen-bond donors (Lipinski definition) is 2. The summed E-state index contributed by atoms with van der Waals surface area (Å²) in [6.07, 6.45) is 1.42. The van der Waals surface area contributed by atoms with Crippen LogP contribution in [-0.4, -0.2) is 34.8 Å². The van der Waals surface area contributed by atoms with E-state index in [0.717, 1.165) is 24.5 Å². The van der Waals surface area contributed by atoms with E-state index >= 15 is 0 Å². The first-order valence-electron chi connectivity index (χ1n) is 13.1. The van der Waals surface area contributed by atoms with Gasteiger partial charge in [-0.1, -0.05) is 50.6 Å². The number of halogens is 3. The zero-order valence-corrected chi connectivity index (χ0v) is 24.7. The van der Waals surface area contributed by atoms with Gasteiger partial charge in [0.25, 0.3) is 5.91 Å². The monoisotopic (exact) mass is 629 g/mol. The molecule has 1 unspecified atom stereocenters. The quantitative estimate of drug-likeness (QED) is 0.287. The second-order valence-electron chi connectivity index (χ2n) is 11.5. The van der Waals surface area contributed by atoms with Gasteiger partial charge in [-0.2, -0.15) is 0 Å². The molecule has 3 aromatic carbocycles. The molecule has 1 heterocycles. The fraction of sp³-hybridized carbons (Fsp3) is 0.355. The molecule has 1 aliphatic heterocycles. The molecule has 1 amide bonds. The van der Waals surface area contributed by atoms with Crippen LogP contribution in [0.4, 0.5) is 10.1 Å². The van der Waals surface area contributed by atoms with Crippen LogP contribution in [0.2, 0.25) is 5.02 Å². The van der Waals surface area contributed by atoms with Crippen LogP contribution in [0, 0.1) is 11.7 Å². The second kappa shape index (κ2) is 10.8. The van der Waals surface area contributed by atoms with E-state index in [1.165, 1.54) is 17.0 Å². The molecule has 0 saturated heterocycles. The smallest absolute Gasteiger partial charge is 0.313 e. The number of rotatable bonds is 7. The highest BCUT2D eigenvalue weighted by Gasteiger charge is 2.45. The molecule has 0 spiro atoms. The molecule has 1 saturated carbocycles. The van der Waals surface area contributed by atoms with Crippen LogP contribution in [0.5, 0.6) is 5.75 Å². The Hall–Kier alpha value is -2.94. The second-order valence-corrected chi connectivity index (χ2v) is 12.7. The molecule has 6 nitrogen and oxygen atoms in total. The number of aliphatic hydroxyl groups excluding tert-OH is 1. The molecule has 3 aromatic rings. The molecular weight excluding hydrogens is 601 g/mol. The van der Waals surface area contributed by atoms with Gasteiger partial charge in [-0.3, -0.25) is 14.5 Å². The summed E-state index contributed by atoms with van der Waals surface area (Å²) in [4.78, 5) is 28.2. The fourth-order valence-corrected chi connectivity index (χ4v) is 6.29. The minimum Gasteiger partial charge on any atom is -0.490 e. The summed E-state index contributed by atoms with van der Waals surface area (Å²) < 4.78 is 20.7. The van der Waals surface area contributed by atoms with Crippen LogP contribution in [0.1, 0.15) is 72.6 Å². The van der Waals surface area contributed by atoms with E-state index in [1.807, 2.05) is 26.8 Å². The van der Waals surface area contributed by atoms with Gasteiger partial charge in [0.15, 0.2) is 0 Å². The normalized spacial score (nSPS) is 19.8. The maximum atomic E-state index is 14.3. The molecule has 3 atom stereocenters. The zero-order chi connectivity index (χ0) is 28.9. The van der Waals surface area contributed by atoms with Crippen molar-refractivity contribution in [1.82, 2.24) is 0 Å². The number of hydrogen-bond acceptors (Lipinski definition) is 4. The van der Waals surface area contributed by atoms with Gasteiger partial charge in [-0.05, 0) is 93.2 Å². The SMILES string of the molecule is CC(C)(C)c1ccc(N2C(=O)c3cc(F)ccc3[C@@H](C(=O)O)[C@@H]2c2ccc(OCC(O)C3CC3)c(Br)c2)cc1Cl. The third-order valence-corrected chi connectivity index (χ3v) is 8.50. The highest BCUT2D eigenvalue weighted by atomic mass is 79.9. The Balaban J connectivity index is 1.62. The zero-order valence-electron chi connectivity index (χ0n) is 22.3. The summed E-state index contributed by atoms with van der Waals surface area (Å²) in [5.74, 6) is -2.75. The lowest BCUT2D eigenvalue weighted by Gasteiger charge is -2.41. The summed E-state index contributed by atoms with van der Waals surface area (Å²) in [6.45, 7) is 6.21. The average molecular weight is 631 g/mol. The van der Waals surface area contributed by atoms with E-state index in [0.29, 0.717) is 26.5 Å². The van der Waals surface area contributed by atoms with Crippen molar-refractivity contribution < 1.29 is 28.9 Å². The summed E-state index contributed by atoms with van der Waals surface area (Å²) in [5.41, 5.74) is 1.78. The standard InChI is InChI=1S/C31H30BrClFNO5/c1-31(2,3)22-10-8-19(14-24(22)33)35-28(27(30(38)39)20-9-7-18(34)13-21(20)29(35)37)17-6-11-26(23(32)12-17)40-15-25(36)16-4-5-16/h6-14,16,25,27-28,36H,4-5,15H2,1-3H3,(H,38,39)/t25?,27-,28+/m1/s1. The number of amides is 1. The molecular formula is C31H30BrClFNO5. The Morgan fingerprint density at radius 2 is 1.88 bits per heavy atom. The van der Waals surface area contributed by atoms with Gasteiger partial charge >= 0.3 is 5.97 Å². The maximum absolute atomic E-state index is 14.3. The van der Waals surface area contributed by atoms with E-state index in [2.05, 4.69) is 15.9 Å². The Labute approximate surface area is 245 Å². The van der Waals surface area contributed by atoms with Crippen molar-refractivity contribution in [3.63, 3.8) is 0 Å². The number of anilines is 1. The third-order valence-electron chi connectivity index (χ3n) is 7.57. The van der Waals surface area contributed by atoms with Crippen molar-refractivity contribution >= 4 is 45.1 Å². The lowest BCUT2D eigenvalue weighted by atomic mass is 9.79. The van der Waals surface area contributed by atoms with E-state index < -0.39 is 35.8 Å². The number of carboxylic acids is 1. The first-order valence-corrected chi connectivity index (χ1v) is 14.3. The van der Waals surface area contributed by atoms with Gasteiger partial charge in [0.1, 0.15) is 24.1 Å². The number of carbonyl (C=O) groups is 2. The number of carbonyl (C=O) groups excluding carboxylic acids is 1. The summed E-state index contributed by atoms with van der Waals surface area (Å²) in [5, 5.41) is 21.1. The lowest BCUT2D eigenvalue weighted by Crippen LogP contribution is -2.45. The van der Waals surface area contributed by atoms with Crippen LogP contribution >= 0.6 is 27.5 Å². The first-order chi connectivity index (χ1) is 18.9. The Kier molecular flexibility index (Phi) is 7.72. The van der Waals surface area contributed by atoms with Gasteiger partial charge < -0.3 is 14.9 Å².